The van der Waals surface area contributed by atoms with Crippen molar-refractivity contribution in [3.63, 3.8) is 0 Å². The highest BCUT2D eigenvalue weighted by Crippen LogP contribution is 2.49. The van der Waals surface area contributed by atoms with Gasteiger partial charge in [-0.25, -0.2) is 0 Å². The molecule has 0 aromatic heterocycles. The molecule has 1 heterocycles. The van der Waals surface area contributed by atoms with Crippen molar-refractivity contribution in [2.75, 3.05) is 46.6 Å². The molecular formula is C21H32N2O3. The second-order valence-corrected chi connectivity index (χ2v) is 7.72. The maximum absolute atomic E-state index is 12.4. The minimum atomic E-state index is -0.0399. The number of ether oxygens (including phenoxy) is 2. The first-order chi connectivity index (χ1) is 12.6. The Morgan fingerprint density at radius 1 is 1.27 bits per heavy atom. The summed E-state index contributed by atoms with van der Waals surface area (Å²) in [5.74, 6) is 1.66. The van der Waals surface area contributed by atoms with Crippen molar-refractivity contribution in [3.8, 4) is 0 Å². The summed E-state index contributed by atoms with van der Waals surface area (Å²) in [5, 5.41) is 3.24. The second kappa shape index (κ2) is 8.98. The Morgan fingerprint density at radius 2 is 2.04 bits per heavy atom. The first kappa shape index (κ1) is 19.3. The maximum Gasteiger partial charge on any atom is 0.246 e. The van der Waals surface area contributed by atoms with E-state index in [0.717, 1.165) is 19.6 Å². The normalized spacial score (nSPS) is 25.7. The molecule has 2 aliphatic rings. The Morgan fingerprint density at radius 3 is 2.77 bits per heavy atom. The van der Waals surface area contributed by atoms with Gasteiger partial charge in [0, 0.05) is 38.6 Å². The molecule has 1 saturated heterocycles. The Labute approximate surface area is 157 Å². The number of rotatable bonds is 9. The maximum atomic E-state index is 12.4. The van der Waals surface area contributed by atoms with Crippen LogP contribution >= 0.6 is 0 Å². The van der Waals surface area contributed by atoms with Gasteiger partial charge in [0.15, 0.2) is 0 Å². The third kappa shape index (κ3) is 4.27. The fourth-order valence-electron chi connectivity index (χ4n) is 4.37. The standard InChI is InChI=1S/C21H32N2O3/c1-4-15(2)11-23-12-18-16-7-5-6-8-17(16)21(19(18)13-23)22-20(24)14-26-10-9-25-3/h5-8,15,18-19,21H,4,9-14H2,1-3H3,(H,22,24)/t15-,18+,19+,21-/m1/s1. The van der Waals surface area contributed by atoms with Gasteiger partial charge in [-0.05, 0) is 17.0 Å². The highest BCUT2D eigenvalue weighted by molar-refractivity contribution is 5.78. The molecule has 5 heteroatoms. The van der Waals surface area contributed by atoms with Crippen molar-refractivity contribution in [1.29, 1.82) is 0 Å². The monoisotopic (exact) mass is 360 g/mol. The Bertz CT molecular complexity index is 607. The third-order valence-electron chi connectivity index (χ3n) is 5.85. The predicted octanol–water partition coefficient (Wildman–Crippen LogP) is 2.58. The zero-order valence-corrected chi connectivity index (χ0v) is 16.2. The molecule has 0 unspecified atom stereocenters. The van der Waals surface area contributed by atoms with Crippen molar-refractivity contribution < 1.29 is 14.3 Å². The summed E-state index contributed by atoms with van der Waals surface area (Å²) in [6.45, 7) is 8.92. The summed E-state index contributed by atoms with van der Waals surface area (Å²) in [5.41, 5.74) is 2.70. The van der Waals surface area contributed by atoms with E-state index in [1.165, 1.54) is 17.5 Å². The number of hydrogen-bond donors (Lipinski definition) is 1. The van der Waals surface area contributed by atoms with E-state index in [4.69, 9.17) is 9.47 Å². The van der Waals surface area contributed by atoms with E-state index < -0.39 is 0 Å². The number of carbonyl (C=O) groups is 1. The molecule has 1 aromatic rings. The van der Waals surface area contributed by atoms with Gasteiger partial charge in [-0.2, -0.15) is 0 Å². The van der Waals surface area contributed by atoms with Gasteiger partial charge in [0.25, 0.3) is 0 Å². The smallest absolute Gasteiger partial charge is 0.246 e. The van der Waals surface area contributed by atoms with Crippen molar-refractivity contribution in [2.24, 2.45) is 11.8 Å². The van der Waals surface area contributed by atoms with Gasteiger partial charge < -0.3 is 19.7 Å². The van der Waals surface area contributed by atoms with Crippen LogP contribution in [-0.4, -0.2) is 57.4 Å². The molecule has 1 aliphatic heterocycles. The van der Waals surface area contributed by atoms with E-state index in [2.05, 4.69) is 48.3 Å². The van der Waals surface area contributed by atoms with E-state index in [0.29, 0.717) is 31.0 Å². The molecule has 0 spiro atoms. The lowest BCUT2D eigenvalue weighted by Crippen LogP contribution is -2.36. The van der Waals surface area contributed by atoms with Crippen molar-refractivity contribution in [3.05, 3.63) is 35.4 Å². The number of hydrogen-bond acceptors (Lipinski definition) is 4. The number of carbonyl (C=O) groups excluding carboxylic acids is 1. The lowest BCUT2D eigenvalue weighted by molar-refractivity contribution is -0.127. The van der Waals surface area contributed by atoms with E-state index in [9.17, 15) is 4.79 Å². The van der Waals surface area contributed by atoms with Crippen LogP contribution in [0.25, 0.3) is 0 Å². The topological polar surface area (TPSA) is 50.8 Å². The summed E-state index contributed by atoms with van der Waals surface area (Å²) in [4.78, 5) is 15.0. The van der Waals surface area contributed by atoms with E-state index in [1.54, 1.807) is 7.11 Å². The number of nitrogens with zero attached hydrogens (tertiary/aromatic N) is 1. The molecule has 3 rings (SSSR count). The van der Waals surface area contributed by atoms with Gasteiger partial charge >= 0.3 is 0 Å². The van der Waals surface area contributed by atoms with Crippen LogP contribution in [0.5, 0.6) is 0 Å². The SMILES string of the molecule is CC[C@@H](C)CN1C[C@@H]2[C@H](NC(=O)COCCOC)c3ccccc3[C@@H]2C1. The Kier molecular flexibility index (Phi) is 6.68. The number of methoxy groups -OCH3 is 1. The van der Waals surface area contributed by atoms with Gasteiger partial charge in [-0.15, -0.1) is 0 Å². The van der Waals surface area contributed by atoms with Gasteiger partial charge in [0.1, 0.15) is 6.61 Å². The predicted molar refractivity (Wildman–Crippen MR) is 102 cm³/mol. The molecule has 1 aliphatic carbocycles. The average Bonchev–Trinajstić information content (AvgIpc) is 3.17. The minimum absolute atomic E-state index is 0.0399. The summed E-state index contributed by atoms with van der Waals surface area (Å²) in [7, 11) is 1.63. The third-order valence-corrected chi connectivity index (χ3v) is 5.85. The Balaban J connectivity index is 1.65. The van der Waals surface area contributed by atoms with E-state index >= 15 is 0 Å². The zero-order valence-electron chi connectivity index (χ0n) is 16.2. The van der Waals surface area contributed by atoms with Crippen LogP contribution in [0, 0.1) is 11.8 Å². The molecule has 144 valence electrons. The molecule has 5 nitrogen and oxygen atoms in total. The number of likely N-dealkylation sites (tertiary alicyclic amines) is 1. The molecule has 1 fully saturated rings. The molecule has 0 saturated carbocycles. The van der Waals surface area contributed by atoms with Crippen molar-refractivity contribution >= 4 is 5.91 Å². The molecular weight excluding hydrogens is 328 g/mol. The molecule has 1 N–H and O–H groups in total. The molecule has 0 bridgehead atoms. The van der Waals surface area contributed by atoms with Crippen LogP contribution in [0.4, 0.5) is 0 Å². The van der Waals surface area contributed by atoms with E-state index in [1.807, 2.05) is 0 Å². The van der Waals surface area contributed by atoms with Crippen LogP contribution < -0.4 is 5.32 Å². The first-order valence-electron chi connectivity index (χ1n) is 9.81. The Hall–Kier alpha value is -1.43. The summed E-state index contributed by atoms with van der Waals surface area (Å²) < 4.78 is 10.3. The van der Waals surface area contributed by atoms with Crippen molar-refractivity contribution in [1.82, 2.24) is 10.2 Å². The lowest BCUT2D eigenvalue weighted by atomic mass is 9.94. The summed E-state index contributed by atoms with van der Waals surface area (Å²) in [6, 6.07) is 8.69. The fourth-order valence-corrected chi connectivity index (χ4v) is 4.37. The first-order valence-corrected chi connectivity index (χ1v) is 9.81. The minimum Gasteiger partial charge on any atom is -0.382 e. The molecule has 0 radical (unpaired) electrons. The number of amides is 1. The van der Waals surface area contributed by atoms with Crippen LogP contribution in [-0.2, 0) is 14.3 Å². The van der Waals surface area contributed by atoms with Crippen LogP contribution in [0.3, 0.4) is 0 Å². The molecule has 26 heavy (non-hydrogen) atoms. The van der Waals surface area contributed by atoms with Gasteiger partial charge in [0.2, 0.25) is 5.91 Å². The number of nitrogens with one attached hydrogen (secondary N) is 1. The van der Waals surface area contributed by atoms with E-state index in [-0.39, 0.29) is 18.6 Å². The lowest BCUT2D eigenvalue weighted by Gasteiger charge is -2.24. The second-order valence-electron chi connectivity index (χ2n) is 7.72. The van der Waals surface area contributed by atoms with Gasteiger partial charge in [0.05, 0.1) is 19.3 Å². The van der Waals surface area contributed by atoms with Crippen molar-refractivity contribution in [2.45, 2.75) is 32.2 Å². The van der Waals surface area contributed by atoms with Crippen LogP contribution in [0.2, 0.25) is 0 Å². The molecule has 1 aromatic carbocycles. The van der Waals surface area contributed by atoms with Crippen LogP contribution in [0.15, 0.2) is 24.3 Å². The zero-order chi connectivity index (χ0) is 18.5. The van der Waals surface area contributed by atoms with Gasteiger partial charge in [-0.3, -0.25) is 4.79 Å². The quantitative estimate of drug-likeness (QED) is 0.688. The number of benzene rings is 1. The van der Waals surface area contributed by atoms with Crippen LogP contribution in [0.1, 0.15) is 43.4 Å². The summed E-state index contributed by atoms with van der Waals surface area (Å²) >= 11 is 0. The largest absolute Gasteiger partial charge is 0.382 e. The highest BCUT2D eigenvalue weighted by Gasteiger charge is 2.46. The highest BCUT2D eigenvalue weighted by atomic mass is 16.5. The van der Waals surface area contributed by atoms with Gasteiger partial charge in [-0.1, -0.05) is 44.5 Å². The fraction of sp³-hybridized carbons (Fsp3) is 0.667. The molecule has 1 amide bonds. The number of fused-ring (bicyclic) bond motifs is 3. The summed E-state index contributed by atoms with van der Waals surface area (Å²) in [6.07, 6.45) is 1.21. The average molecular weight is 360 g/mol. The molecule has 4 atom stereocenters.